The molecule has 0 unspecified atom stereocenters. The van der Waals surface area contributed by atoms with Crippen molar-refractivity contribution < 1.29 is 5.11 Å². The minimum absolute atomic E-state index is 0.167. The topological polar surface area (TPSA) is 63.8 Å². The molecule has 0 saturated carbocycles. The molecule has 3 aromatic rings. The fourth-order valence-corrected chi connectivity index (χ4v) is 2.51. The molecule has 0 bridgehead atoms. The lowest BCUT2D eigenvalue weighted by Gasteiger charge is -2.17. The van der Waals surface area contributed by atoms with Crippen molar-refractivity contribution in [3.63, 3.8) is 0 Å². The summed E-state index contributed by atoms with van der Waals surface area (Å²) in [5.74, 6) is 0. The van der Waals surface area contributed by atoms with Crippen LogP contribution in [0, 0.1) is 6.92 Å². The average Bonchev–Trinajstić information content (AvgIpc) is 2.80. The van der Waals surface area contributed by atoms with E-state index in [1.165, 1.54) is 5.56 Å². The summed E-state index contributed by atoms with van der Waals surface area (Å²) in [4.78, 5) is 8.62. The summed E-state index contributed by atoms with van der Waals surface area (Å²) in [6.45, 7) is 5.82. The van der Waals surface area contributed by atoms with Crippen molar-refractivity contribution in [2.45, 2.75) is 32.9 Å². The number of aryl methyl sites for hydroxylation is 1. The van der Waals surface area contributed by atoms with Gasteiger partial charge in [0.1, 0.15) is 0 Å². The van der Waals surface area contributed by atoms with Crippen LogP contribution in [-0.4, -0.2) is 30.5 Å². The Bertz CT molecular complexity index is 819. The van der Waals surface area contributed by atoms with Gasteiger partial charge < -0.3 is 5.11 Å². The second-order valence-corrected chi connectivity index (χ2v) is 6.40. The Kier molecular flexibility index (Phi) is 3.62. The maximum atomic E-state index is 10.00. The second-order valence-electron chi connectivity index (χ2n) is 6.06. The Morgan fingerprint density at radius 1 is 1.18 bits per heavy atom. The van der Waals surface area contributed by atoms with Gasteiger partial charge in [-0.2, -0.15) is 10.1 Å². The third-order valence-electron chi connectivity index (χ3n) is 3.33. The van der Waals surface area contributed by atoms with Crippen LogP contribution in [0.15, 0.2) is 30.5 Å². The van der Waals surface area contributed by atoms with Crippen molar-refractivity contribution in [2.24, 2.45) is 0 Å². The third kappa shape index (κ3) is 2.96. The van der Waals surface area contributed by atoms with Gasteiger partial charge in [-0.1, -0.05) is 29.8 Å². The summed E-state index contributed by atoms with van der Waals surface area (Å²) in [5, 5.41) is 15.3. The highest BCUT2D eigenvalue weighted by molar-refractivity contribution is 6.28. The second kappa shape index (κ2) is 5.34. The molecule has 3 rings (SSSR count). The molecule has 2 aromatic heterocycles. The van der Waals surface area contributed by atoms with Gasteiger partial charge in [-0.25, -0.2) is 9.67 Å². The van der Waals surface area contributed by atoms with Gasteiger partial charge in [-0.3, -0.25) is 0 Å². The zero-order valence-electron chi connectivity index (χ0n) is 12.7. The summed E-state index contributed by atoms with van der Waals surface area (Å²) in [6, 6.07) is 8.05. The molecule has 22 heavy (non-hydrogen) atoms. The lowest BCUT2D eigenvalue weighted by Crippen LogP contribution is -2.26. The predicted molar refractivity (Wildman–Crippen MR) is 86.8 cm³/mol. The van der Waals surface area contributed by atoms with Crippen LogP contribution in [0.4, 0.5) is 0 Å². The highest BCUT2D eigenvalue weighted by Gasteiger charge is 2.19. The Morgan fingerprint density at radius 3 is 2.50 bits per heavy atom. The molecule has 0 spiro atoms. The maximum absolute atomic E-state index is 10.00. The molecular weight excluding hydrogens is 300 g/mol. The standard InChI is InChI=1S/C16H17ClN4O/c1-10-4-6-11(7-5-10)13-12-8-18-21(9-16(2,3)22)14(12)20-15(17)19-13/h4-8,22H,9H2,1-3H3. The molecule has 0 aliphatic heterocycles. The number of aliphatic hydroxyl groups is 1. The Balaban J connectivity index is 2.18. The van der Waals surface area contributed by atoms with Crippen LogP contribution in [0.25, 0.3) is 22.3 Å². The van der Waals surface area contributed by atoms with E-state index in [1.54, 1.807) is 24.7 Å². The largest absolute Gasteiger partial charge is 0.389 e. The minimum atomic E-state index is -0.888. The number of benzene rings is 1. The summed E-state index contributed by atoms with van der Waals surface area (Å²) in [6.07, 6.45) is 1.71. The first-order chi connectivity index (χ1) is 10.3. The van der Waals surface area contributed by atoms with Crippen molar-refractivity contribution >= 4 is 22.6 Å². The van der Waals surface area contributed by atoms with E-state index in [2.05, 4.69) is 15.1 Å². The van der Waals surface area contributed by atoms with Crippen LogP contribution in [0.1, 0.15) is 19.4 Å². The lowest BCUT2D eigenvalue weighted by atomic mass is 10.1. The Morgan fingerprint density at radius 2 is 1.86 bits per heavy atom. The highest BCUT2D eigenvalue weighted by Crippen LogP contribution is 2.28. The molecule has 0 aliphatic rings. The lowest BCUT2D eigenvalue weighted by molar-refractivity contribution is 0.0589. The summed E-state index contributed by atoms with van der Waals surface area (Å²) >= 11 is 6.08. The van der Waals surface area contributed by atoms with Gasteiger partial charge in [0.25, 0.3) is 0 Å². The molecule has 0 fully saturated rings. The van der Waals surface area contributed by atoms with Gasteiger partial charge in [0, 0.05) is 5.56 Å². The van der Waals surface area contributed by atoms with E-state index in [0.717, 1.165) is 16.6 Å². The van der Waals surface area contributed by atoms with Crippen molar-refractivity contribution in [3.05, 3.63) is 41.3 Å². The van der Waals surface area contributed by atoms with Crippen LogP contribution in [0.2, 0.25) is 5.28 Å². The van der Waals surface area contributed by atoms with E-state index in [0.29, 0.717) is 12.2 Å². The molecule has 0 saturated heterocycles. The van der Waals surface area contributed by atoms with Crippen LogP contribution < -0.4 is 0 Å². The number of aromatic nitrogens is 4. The summed E-state index contributed by atoms with van der Waals surface area (Å²) in [5.41, 5.74) is 2.62. The average molecular weight is 317 g/mol. The normalized spacial score (nSPS) is 12.0. The zero-order chi connectivity index (χ0) is 15.9. The van der Waals surface area contributed by atoms with Crippen molar-refractivity contribution in [2.75, 3.05) is 0 Å². The fourth-order valence-electron chi connectivity index (χ4n) is 2.34. The molecule has 0 radical (unpaired) electrons. The maximum Gasteiger partial charge on any atom is 0.225 e. The van der Waals surface area contributed by atoms with Crippen LogP contribution >= 0.6 is 11.6 Å². The highest BCUT2D eigenvalue weighted by atomic mass is 35.5. The van der Waals surface area contributed by atoms with Gasteiger partial charge in [-0.05, 0) is 32.4 Å². The number of fused-ring (bicyclic) bond motifs is 1. The molecule has 1 N–H and O–H groups in total. The minimum Gasteiger partial charge on any atom is -0.389 e. The molecule has 0 atom stereocenters. The molecule has 0 amide bonds. The predicted octanol–water partition coefficient (Wildman–Crippen LogP) is 3.23. The molecular formula is C16H17ClN4O. The molecule has 114 valence electrons. The number of hydrogen-bond donors (Lipinski definition) is 1. The number of nitrogens with zero attached hydrogens (tertiary/aromatic N) is 4. The Labute approximate surface area is 133 Å². The molecule has 0 aliphatic carbocycles. The van der Waals surface area contributed by atoms with Crippen molar-refractivity contribution in [1.29, 1.82) is 0 Å². The first kappa shape index (κ1) is 14.9. The molecule has 2 heterocycles. The van der Waals surface area contributed by atoms with E-state index in [4.69, 9.17) is 11.6 Å². The first-order valence-electron chi connectivity index (χ1n) is 7.02. The monoisotopic (exact) mass is 316 g/mol. The summed E-state index contributed by atoms with van der Waals surface area (Å²) in [7, 11) is 0. The number of rotatable bonds is 3. The molecule has 6 heteroatoms. The van der Waals surface area contributed by atoms with E-state index >= 15 is 0 Å². The molecule has 1 aromatic carbocycles. The fraction of sp³-hybridized carbons (Fsp3) is 0.312. The SMILES string of the molecule is Cc1ccc(-c2nc(Cl)nc3c2cnn3CC(C)(C)O)cc1. The van der Waals surface area contributed by atoms with Gasteiger partial charge in [-0.15, -0.1) is 0 Å². The summed E-state index contributed by atoms with van der Waals surface area (Å²) < 4.78 is 1.65. The van der Waals surface area contributed by atoms with Gasteiger partial charge in [0.05, 0.1) is 29.4 Å². The number of halogens is 1. The molecule has 5 nitrogen and oxygen atoms in total. The van der Waals surface area contributed by atoms with Crippen LogP contribution in [-0.2, 0) is 6.54 Å². The number of hydrogen-bond acceptors (Lipinski definition) is 4. The van der Waals surface area contributed by atoms with Gasteiger partial charge >= 0.3 is 0 Å². The van der Waals surface area contributed by atoms with Crippen molar-refractivity contribution in [3.8, 4) is 11.3 Å². The quantitative estimate of drug-likeness (QED) is 0.753. The van der Waals surface area contributed by atoms with Gasteiger partial charge in [0.15, 0.2) is 5.65 Å². The van der Waals surface area contributed by atoms with E-state index < -0.39 is 5.60 Å². The van der Waals surface area contributed by atoms with Crippen LogP contribution in [0.5, 0.6) is 0 Å². The third-order valence-corrected chi connectivity index (χ3v) is 3.50. The van der Waals surface area contributed by atoms with E-state index in [-0.39, 0.29) is 5.28 Å². The van der Waals surface area contributed by atoms with Gasteiger partial charge in [0.2, 0.25) is 5.28 Å². The van der Waals surface area contributed by atoms with E-state index in [9.17, 15) is 5.11 Å². The van der Waals surface area contributed by atoms with E-state index in [1.807, 2.05) is 31.2 Å². The van der Waals surface area contributed by atoms with Crippen LogP contribution in [0.3, 0.4) is 0 Å². The van der Waals surface area contributed by atoms with Crippen molar-refractivity contribution in [1.82, 2.24) is 19.7 Å². The smallest absolute Gasteiger partial charge is 0.225 e. The zero-order valence-corrected chi connectivity index (χ0v) is 13.5. The first-order valence-corrected chi connectivity index (χ1v) is 7.40. The Hall–Kier alpha value is -1.98.